The first-order valence-corrected chi connectivity index (χ1v) is 13.3. The van der Waals surface area contributed by atoms with Crippen molar-refractivity contribution in [2.45, 2.75) is 44.4 Å². The topological polar surface area (TPSA) is 53.2 Å². The zero-order chi connectivity index (χ0) is 22.7. The Kier molecular flexibility index (Phi) is 6.75. The molecule has 5 heteroatoms. The van der Waals surface area contributed by atoms with E-state index in [0.717, 1.165) is 49.0 Å². The van der Waals surface area contributed by atoms with E-state index >= 15 is 0 Å². The number of aromatic amines is 1. The van der Waals surface area contributed by atoms with Gasteiger partial charge in [-0.15, -0.1) is 0 Å². The van der Waals surface area contributed by atoms with E-state index < -0.39 is 9.84 Å². The van der Waals surface area contributed by atoms with Crippen LogP contribution in [0, 0.1) is 11.8 Å². The molecule has 0 aliphatic carbocycles. The van der Waals surface area contributed by atoms with Crippen molar-refractivity contribution in [3.05, 3.63) is 72.4 Å². The number of hydrogen-bond donors (Lipinski definition) is 1. The lowest BCUT2D eigenvalue weighted by atomic mass is 9.90. The van der Waals surface area contributed by atoms with Crippen LogP contribution in [0.2, 0.25) is 0 Å². The van der Waals surface area contributed by atoms with Gasteiger partial charge in [-0.3, -0.25) is 0 Å². The first-order valence-electron chi connectivity index (χ1n) is 11.7. The molecule has 0 atom stereocenters. The Morgan fingerprint density at radius 2 is 1.72 bits per heavy atom. The van der Waals surface area contributed by atoms with E-state index in [-0.39, 0.29) is 5.75 Å². The monoisotopic (exact) mass is 450 g/mol. The van der Waals surface area contributed by atoms with E-state index in [1.165, 1.54) is 5.56 Å². The van der Waals surface area contributed by atoms with Gasteiger partial charge in [0, 0.05) is 24.0 Å². The molecule has 0 bridgehead atoms. The van der Waals surface area contributed by atoms with Gasteiger partial charge in [0.05, 0.1) is 17.1 Å². The number of benzene rings is 2. The minimum atomic E-state index is -3.42. The summed E-state index contributed by atoms with van der Waals surface area (Å²) in [6.45, 7) is 10.3. The highest BCUT2D eigenvalue weighted by molar-refractivity contribution is 7.91. The molecule has 1 N–H and O–H groups in total. The number of piperidine rings is 1. The van der Waals surface area contributed by atoms with Gasteiger partial charge in [-0.2, -0.15) is 0 Å². The maximum absolute atomic E-state index is 13.4. The van der Waals surface area contributed by atoms with Gasteiger partial charge in [0.25, 0.3) is 0 Å². The normalized spacial score (nSPS) is 15.5. The van der Waals surface area contributed by atoms with Gasteiger partial charge in [0.15, 0.2) is 9.84 Å². The Morgan fingerprint density at radius 3 is 2.41 bits per heavy atom. The second-order valence-electron chi connectivity index (χ2n) is 9.44. The predicted octanol–water partition coefficient (Wildman–Crippen LogP) is 5.91. The Labute approximate surface area is 192 Å². The fraction of sp³-hybridized carbons (Fsp3) is 0.407. The first-order chi connectivity index (χ1) is 15.3. The lowest BCUT2D eigenvalue weighted by Gasteiger charge is -2.35. The van der Waals surface area contributed by atoms with Crippen molar-refractivity contribution < 1.29 is 8.42 Å². The van der Waals surface area contributed by atoms with Gasteiger partial charge in [-0.05, 0) is 49.1 Å². The van der Waals surface area contributed by atoms with Gasteiger partial charge in [0.2, 0.25) is 0 Å². The van der Waals surface area contributed by atoms with Crippen molar-refractivity contribution in [1.82, 2.24) is 9.88 Å². The lowest BCUT2D eigenvalue weighted by molar-refractivity contribution is 0.254. The second-order valence-corrected chi connectivity index (χ2v) is 11.5. The van der Waals surface area contributed by atoms with E-state index in [9.17, 15) is 8.42 Å². The minimum absolute atomic E-state index is 0.159. The highest BCUT2D eigenvalue weighted by Gasteiger charge is 2.29. The predicted molar refractivity (Wildman–Crippen MR) is 133 cm³/mol. The van der Waals surface area contributed by atoms with Gasteiger partial charge in [-0.25, -0.2) is 8.42 Å². The van der Waals surface area contributed by atoms with E-state index in [0.29, 0.717) is 28.8 Å². The summed E-state index contributed by atoms with van der Waals surface area (Å²) in [7, 11) is -3.42. The molecule has 1 aliphatic rings. The highest BCUT2D eigenvalue weighted by atomic mass is 32.2. The van der Waals surface area contributed by atoms with Crippen LogP contribution in [0.5, 0.6) is 0 Å². The summed E-state index contributed by atoms with van der Waals surface area (Å²) in [5.74, 6) is 1.15. The number of rotatable bonds is 8. The van der Waals surface area contributed by atoms with Crippen LogP contribution in [0.25, 0.3) is 16.6 Å². The molecule has 2 aromatic carbocycles. The van der Waals surface area contributed by atoms with Crippen molar-refractivity contribution in [1.29, 1.82) is 0 Å². The molecule has 1 aromatic heterocycles. The summed E-state index contributed by atoms with van der Waals surface area (Å²) >= 11 is 0. The molecule has 32 heavy (non-hydrogen) atoms. The number of para-hydroxylation sites is 1. The number of nitrogens with one attached hydrogen (secondary N) is 1. The second kappa shape index (κ2) is 9.53. The Hall–Kier alpha value is -2.53. The third-order valence-corrected chi connectivity index (χ3v) is 8.40. The Balaban J connectivity index is 1.55. The largest absolute Gasteiger partial charge is 0.370 e. The van der Waals surface area contributed by atoms with Crippen molar-refractivity contribution in [2.75, 3.05) is 18.8 Å². The van der Waals surface area contributed by atoms with Crippen LogP contribution >= 0.6 is 0 Å². The van der Waals surface area contributed by atoms with Crippen LogP contribution < -0.4 is 0 Å². The van der Waals surface area contributed by atoms with E-state index in [1.807, 2.05) is 24.3 Å². The molecule has 0 saturated carbocycles. The van der Waals surface area contributed by atoms with Crippen molar-refractivity contribution in [2.24, 2.45) is 11.8 Å². The molecule has 0 unspecified atom stereocenters. The number of sulfone groups is 1. The van der Waals surface area contributed by atoms with Crippen LogP contribution in [0.4, 0.5) is 0 Å². The molecule has 0 radical (unpaired) electrons. The molecule has 170 valence electrons. The first kappa shape index (κ1) is 22.7. The molecule has 0 amide bonds. The Morgan fingerprint density at radius 1 is 1.06 bits per heavy atom. The third-order valence-electron chi connectivity index (χ3n) is 6.59. The van der Waals surface area contributed by atoms with E-state index in [4.69, 9.17) is 0 Å². The van der Waals surface area contributed by atoms with Crippen LogP contribution in [-0.2, 0) is 16.3 Å². The molecule has 1 aliphatic heterocycles. The highest BCUT2D eigenvalue weighted by Crippen LogP contribution is 2.35. The molecule has 2 heterocycles. The number of aromatic nitrogens is 1. The summed E-state index contributed by atoms with van der Waals surface area (Å²) in [6.07, 6.45) is 3.92. The van der Waals surface area contributed by atoms with Crippen LogP contribution in [0.3, 0.4) is 0 Å². The smallest absolute Gasteiger partial charge is 0.181 e. The fourth-order valence-corrected chi connectivity index (χ4v) is 6.63. The lowest BCUT2D eigenvalue weighted by Crippen LogP contribution is -2.33. The number of fused-ring (bicyclic) bond motifs is 1. The Bertz CT molecular complexity index is 1170. The van der Waals surface area contributed by atoms with E-state index in [2.05, 4.69) is 60.6 Å². The van der Waals surface area contributed by atoms with Gasteiger partial charge in [-0.1, -0.05) is 69.0 Å². The SMILES string of the molecule is C=C(c1[nH]c2ccccc2c1S(=O)(=O)CCC(C)C)N1CCC(Cc2ccccc2)CC1. The maximum Gasteiger partial charge on any atom is 0.181 e. The zero-order valence-corrected chi connectivity index (χ0v) is 20.0. The molecule has 0 spiro atoms. The zero-order valence-electron chi connectivity index (χ0n) is 19.2. The van der Waals surface area contributed by atoms with Crippen molar-refractivity contribution in [3.63, 3.8) is 0 Å². The standard InChI is InChI=1S/C27H34N2O2S/c1-20(2)15-18-32(30,31)27-24-11-7-8-12-25(24)28-26(27)21(3)29-16-13-23(14-17-29)19-22-9-5-4-6-10-22/h4-12,20,23,28H,3,13-19H2,1-2H3. The molecule has 1 saturated heterocycles. The number of likely N-dealkylation sites (tertiary alicyclic amines) is 1. The molecule has 1 fully saturated rings. The summed E-state index contributed by atoms with van der Waals surface area (Å²) < 4.78 is 26.8. The quantitative estimate of drug-likeness (QED) is 0.464. The van der Waals surface area contributed by atoms with Crippen LogP contribution in [-0.4, -0.2) is 37.1 Å². The van der Waals surface area contributed by atoms with Gasteiger partial charge in [0.1, 0.15) is 4.90 Å². The third kappa shape index (κ3) is 4.93. The van der Waals surface area contributed by atoms with Gasteiger partial charge < -0.3 is 9.88 Å². The molecular weight excluding hydrogens is 416 g/mol. The number of nitrogens with zero attached hydrogens (tertiary/aromatic N) is 1. The van der Waals surface area contributed by atoms with Crippen molar-refractivity contribution >= 4 is 26.4 Å². The minimum Gasteiger partial charge on any atom is -0.370 e. The summed E-state index contributed by atoms with van der Waals surface area (Å²) in [5, 5.41) is 0.770. The summed E-state index contributed by atoms with van der Waals surface area (Å²) in [4.78, 5) is 6.06. The maximum atomic E-state index is 13.4. The number of H-pyrrole nitrogens is 1. The molecule has 3 aromatic rings. The summed E-state index contributed by atoms with van der Waals surface area (Å²) in [6, 6.07) is 18.3. The molecule has 4 rings (SSSR count). The average molecular weight is 451 g/mol. The molecular formula is C27H34N2O2S. The molecule has 4 nitrogen and oxygen atoms in total. The van der Waals surface area contributed by atoms with Crippen LogP contribution in [0.15, 0.2) is 66.1 Å². The van der Waals surface area contributed by atoms with E-state index in [1.54, 1.807) is 0 Å². The van der Waals surface area contributed by atoms with Crippen LogP contribution in [0.1, 0.15) is 44.4 Å². The van der Waals surface area contributed by atoms with Crippen molar-refractivity contribution in [3.8, 4) is 0 Å². The average Bonchev–Trinajstić information content (AvgIpc) is 3.19. The van der Waals surface area contributed by atoms with Gasteiger partial charge >= 0.3 is 0 Å². The summed E-state index contributed by atoms with van der Waals surface area (Å²) in [5.41, 5.74) is 3.70. The fourth-order valence-electron chi connectivity index (χ4n) is 4.65. The number of hydrogen-bond acceptors (Lipinski definition) is 3.